The molecule has 1 amide bonds. The van der Waals surface area contributed by atoms with Crippen LogP contribution in [-0.2, 0) is 11.2 Å². The summed E-state index contributed by atoms with van der Waals surface area (Å²) in [4.78, 5) is 14.1. The van der Waals surface area contributed by atoms with E-state index in [0.29, 0.717) is 13.0 Å². The van der Waals surface area contributed by atoms with Crippen molar-refractivity contribution in [2.45, 2.75) is 37.2 Å². The van der Waals surface area contributed by atoms with Crippen LogP contribution >= 0.6 is 0 Å². The van der Waals surface area contributed by atoms with Gasteiger partial charge >= 0.3 is 7.12 Å². The highest BCUT2D eigenvalue weighted by atomic mass is 16.4. The average molecular weight is 331 g/mol. The molecule has 2 saturated heterocycles. The number of nitrogens with one attached hydrogen (secondary N) is 2. The summed E-state index contributed by atoms with van der Waals surface area (Å²) in [5.41, 5.74) is 1.13. The quantitative estimate of drug-likeness (QED) is 0.531. The smallest absolute Gasteiger partial charge is 0.426 e. The summed E-state index contributed by atoms with van der Waals surface area (Å²) in [6.45, 7) is 2.61. The Labute approximate surface area is 143 Å². The lowest BCUT2D eigenvalue weighted by Gasteiger charge is -2.32. The van der Waals surface area contributed by atoms with Crippen LogP contribution in [0, 0.1) is 0 Å². The Morgan fingerprint density at radius 2 is 2.17 bits per heavy atom. The summed E-state index contributed by atoms with van der Waals surface area (Å²) in [6.07, 6.45) is 3.33. The van der Waals surface area contributed by atoms with Crippen LogP contribution in [0.1, 0.15) is 24.8 Å². The zero-order valence-electron chi connectivity index (χ0n) is 13.9. The van der Waals surface area contributed by atoms with E-state index in [1.54, 1.807) is 4.90 Å². The predicted octanol–water partition coefficient (Wildman–Crippen LogP) is -0.446. The van der Waals surface area contributed by atoms with E-state index in [-0.39, 0.29) is 18.0 Å². The van der Waals surface area contributed by atoms with E-state index >= 15 is 0 Å². The number of rotatable bonds is 6. The lowest BCUT2D eigenvalue weighted by Crippen LogP contribution is -2.54. The first kappa shape index (κ1) is 17.4. The Morgan fingerprint density at radius 3 is 2.83 bits per heavy atom. The molecule has 1 aromatic rings. The molecule has 130 valence electrons. The van der Waals surface area contributed by atoms with Crippen molar-refractivity contribution in [3.05, 3.63) is 35.9 Å². The van der Waals surface area contributed by atoms with Gasteiger partial charge < -0.3 is 25.6 Å². The van der Waals surface area contributed by atoms with E-state index in [0.717, 1.165) is 32.4 Å². The summed E-state index contributed by atoms with van der Waals surface area (Å²) in [7, 11) is -1.46. The Balaban J connectivity index is 1.61. The highest BCUT2D eigenvalue weighted by molar-refractivity contribution is 6.43. The van der Waals surface area contributed by atoms with Gasteiger partial charge in [0.1, 0.15) is 0 Å². The monoisotopic (exact) mass is 331 g/mol. The third-order valence-electron chi connectivity index (χ3n) is 5.21. The minimum absolute atomic E-state index is 0.0510. The van der Waals surface area contributed by atoms with E-state index in [1.807, 2.05) is 18.2 Å². The second kappa shape index (κ2) is 7.65. The summed E-state index contributed by atoms with van der Waals surface area (Å²) in [6, 6.07) is 10.3. The molecule has 2 aliphatic heterocycles. The maximum atomic E-state index is 12.5. The standard InChI is InChI=1S/C17H26BN3O3/c22-16(21-10-4-7-15(21)18(23)24)12-20-17(8-9-19-13-17)11-14-5-2-1-3-6-14/h1-3,5-6,15,19-20,23-24H,4,7-13H2/t15-,17-/m0/s1. The minimum atomic E-state index is -1.46. The van der Waals surface area contributed by atoms with Gasteiger partial charge in [-0.1, -0.05) is 30.3 Å². The maximum absolute atomic E-state index is 12.5. The number of benzene rings is 1. The Morgan fingerprint density at radius 1 is 1.38 bits per heavy atom. The Bertz CT molecular complexity index is 549. The number of hydrogen-bond donors (Lipinski definition) is 4. The molecule has 3 rings (SSSR count). The first-order chi connectivity index (χ1) is 11.6. The van der Waals surface area contributed by atoms with Crippen LogP contribution in [0.3, 0.4) is 0 Å². The van der Waals surface area contributed by atoms with Crippen LogP contribution in [0.2, 0.25) is 0 Å². The molecule has 0 radical (unpaired) electrons. The molecule has 0 aromatic heterocycles. The molecule has 1 aromatic carbocycles. The first-order valence-electron chi connectivity index (χ1n) is 8.75. The molecule has 2 fully saturated rings. The van der Waals surface area contributed by atoms with Gasteiger partial charge in [0, 0.05) is 18.6 Å². The van der Waals surface area contributed by atoms with Crippen LogP contribution in [0.15, 0.2) is 30.3 Å². The van der Waals surface area contributed by atoms with E-state index in [2.05, 4.69) is 22.8 Å². The number of likely N-dealkylation sites (tertiary alicyclic amines) is 1. The van der Waals surface area contributed by atoms with Crippen LogP contribution in [0.5, 0.6) is 0 Å². The lowest BCUT2D eigenvalue weighted by molar-refractivity contribution is -0.130. The van der Waals surface area contributed by atoms with Crippen LogP contribution in [0.4, 0.5) is 0 Å². The van der Waals surface area contributed by atoms with Crippen molar-refractivity contribution >= 4 is 13.0 Å². The number of carbonyl (C=O) groups is 1. The third kappa shape index (κ3) is 3.98. The molecule has 2 heterocycles. The second-order valence-corrected chi connectivity index (χ2v) is 6.93. The van der Waals surface area contributed by atoms with Gasteiger partial charge in [0.2, 0.25) is 5.91 Å². The minimum Gasteiger partial charge on any atom is -0.426 e. The fraction of sp³-hybridized carbons (Fsp3) is 0.588. The number of hydrogen-bond acceptors (Lipinski definition) is 5. The molecular formula is C17H26BN3O3. The van der Waals surface area contributed by atoms with Gasteiger partial charge in [0.25, 0.3) is 0 Å². The molecule has 2 atom stereocenters. The van der Waals surface area contributed by atoms with Crippen LogP contribution in [-0.4, -0.2) is 65.6 Å². The van der Waals surface area contributed by atoms with Crippen molar-refractivity contribution in [3.63, 3.8) is 0 Å². The van der Waals surface area contributed by atoms with Crippen molar-refractivity contribution in [1.82, 2.24) is 15.5 Å². The van der Waals surface area contributed by atoms with Gasteiger partial charge in [0.05, 0.1) is 12.5 Å². The zero-order valence-corrected chi connectivity index (χ0v) is 13.9. The van der Waals surface area contributed by atoms with Crippen LogP contribution < -0.4 is 10.6 Å². The van der Waals surface area contributed by atoms with E-state index < -0.39 is 13.1 Å². The average Bonchev–Trinajstić information content (AvgIpc) is 3.23. The molecular weight excluding hydrogens is 305 g/mol. The molecule has 7 heteroatoms. The zero-order chi connectivity index (χ0) is 17.0. The fourth-order valence-corrected chi connectivity index (χ4v) is 3.87. The normalized spacial score (nSPS) is 26.8. The van der Waals surface area contributed by atoms with Gasteiger partial charge in [-0.15, -0.1) is 0 Å². The maximum Gasteiger partial charge on any atom is 0.475 e. The molecule has 0 saturated carbocycles. The SMILES string of the molecule is O=C(CN[C@]1(Cc2ccccc2)CCNC1)N1CCC[C@H]1B(O)O. The third-order valence-corrected chi connectivity index (χ3v) is 5.21. The van der Waals surface area contributed by atoms with E-state index in [4.69, 9.17) is 0 Å². The summed E-state index contributed by atoms with van der Waals surface area (Å²) >= 11 is 0. The molecule has 2 aliphatic rings. The van der Waals surface area contributed by atoms with Gasteiger partial charge in [-0.3, -0.25) is 4.79 Å². The molecule has 0 spiro atoms. The van der Waals surface area contributed by atoms with Crippen molar-refractivity contribution in [1.29, 1.82) is 0 Å². The van der Waals surface area contributed by atoms with E-state index in [1.165, 1.54) is 5.56 Å². The highest BCUT2D eigenvalue weighted by Crippen LogP contribution is 2.22. The lowest BCUT2D eigenvalue weighted by atomic mass is 9.78. The molecule has 0 unspecified atom stereocenters. The molecule has 24 heavy (non-hydrogen) atoms. The second-order valence-electron chi connectivity index (χ2n) is 6.93. The number of carbonyl (C=O) groups excluding carboxylic acids is 1. The van der Waals surface area contributed by atoms with Crippen molar-refractivity contribution in [3.8, 4) is 0 Å². The Kier molecular flexibility index (Phi) is 5.55. The highest BCUT2D eigenvalue weighted by Gasteiger charge is 2.38. The number of amides is 1. The van der Waals surface area contributed by atoms with Gasteiger partial charge in [-0.25, -0.2) is 0 Å². The Hall–Kier alpha value is -1.41. The fourth-order valence-electron chi connectivity index (χ4n) is 3.87. The van der Waals surface area contributed by atoms with Gasteiger partial charge in [0.15, 0.2) is 0 Å². The summed E-state index contributed by atoms with van der Waals surface area (Å²) in [5.74, 6) is -0.518. The van der Waals surface area contributed by atoms with Crippen molar-refractivity contribution < 1.29 is 14.8 Å². The van der Waals surface area contributed by atoms with Crippen molar-refractivity contribution in [2.24, 2.45) is 0 Å². The largest absolute Gasteiger partial charge is 0.475 e. The summed E-state index contributed by atoms with van der Waals surface area (Å²) < 4.78 is 0. The van der Waals surface area contributed by atoms with Crippen LogP contribution in [0.25, 0.3) is 0 Å². The predicted molar refractivity (Wildman–Crippen MR) is 93.3 cm³/mol. The molecule has 6 nitrogen and oxygen atoms in total. The topological polar surface area (TPSA) is 84.8 Å². The number of nitrogens with zero attached hydrogens (tertiary/aromatic N) is 1. The van der Waals surface area contributed by atoms with Gasteiger partial charge in [-0.05, 0) is 37.8 Å². The molecule has 4 N–H and O–H groups in total. The van der Waals surface area contributed by atoms with Gasteiger partial charge in [-0.2, -0.15) is 0 Å². The first-order valence-corrected chi connectivity index (χ1v) is 8.75. The van der Waals surface area contributed by atoms with Crippen molar-refractivity contribution in [2.75, 3.05) is 26.2 Å². The molecule has 0 aliphatic carbocycles. The summed E-state index contributed by atoms with van der Waals surface area (Å²) in [5, 5.41) is 25.7. The molecule has 0 bridgehead atoms. The van der Waals surface area contributed by atoms with E-state index in [9.17, 15) is 14.8 Å².